The Hall–Kier alpha value is -2.69. The molecule has 0 saturated heterocycles. The molecule has 0 aliphatic heterocycles. The number of nitrogens with one attached hydrogen (secondary N) is 1. The van der Waals surface area contributed by atoms with E-state index in [0.29, 0.717) is 17.8 Å². The molecule has 0 atom stereocenters. The lowest BCUT2D eigenvalue weighted by atomic mass is 10.1. The Bertz CT molecular complexity index is 876. The summed E-state index contributed by atoms with van der Waals surface area (Å²) in [5.41, 5.74) is 2.63. The van der Waals surface area contributed by atoms with Gasteiger partial charge in [-0.25, -0.2) is 4.98 Å². The van der Waals surface area contributed by atoms with Gasteiger partial charge in [-0.2, -0.15) is 9.61 Å². The van der Waals surface area contributed by atoms with Crippen molar-refractivity contribution in [3.05, 3.63) is 41.7 Å². The maximum absolute atomic E-state index is 10.2. The Labute approximate surface area is 108 Å². The summed E-state index contributed by atoms with van der Waals surface area (Å²) in [6.07, 6.45) is 3.98. The van der Waals surface area contributed by atoms with E-state index in [1.54, 1.807) is 12.2 Å². The van der Waals surface area contributed by atoms with Crippen LogP contribution in [0.3, 0.4) is 0 Å². The van der Waals surface area contributed by atoms with Crippen LogP contribution in [-0.2, 0) is 6.42 Å². The number of hydrogen-bond acceptors (Lipinski definition) is 4. The highest BCUT2D eigenvalue weighted by Crippen LogP contribution is 2.30. The molecular formula is C14H10N4O. The van der Waals surface area contributed by atoms with Crippen molar-refractivity contribution in [2.75, 3.05) is 0 Å². The summed E-state index contributed by atoms with van der Waals surface area (Å²) in [5, 5.41) is 23.9. The predicted molar refractivity (Wildman–Crippen MR) is 72.6 cm³/mol. The monoisotopic (exact) mass is 250 g/mol. The highest BCUT2D eigenvalue weighted by atomic mass is 16.3. The molecule has 19 heavy (non-hydrogen) atoms. The molecule has 0 unspecified atom stereocenters. The third-order valence-corrected chi connectivity index (χ3v) is 3.35. The van der Waals surface area contributed by atoms with Crippen LogP contribution in [0.5, 0.6) is 5.88 Å². The van der Waals surface area contributed by atoms with Gasteiger partial charge in [0.05, 0.1) is 11.4 Å². The van der Waals surface area contributed by atoms with Crippen LogP contribution in [0.2, 0.25) is 0 Å². The Balaban J connectivity index is 2.17. The molecule has 1 aromatic carbocycles. The number of aromatic nitrogens is 3. The van der Waals surface area contributed by atoms with Gasteiger partial charge in [0.2, 0.25) is 5.88 Å². The predicted octanol–water partition coefficient (Wildman–Crippen LogP) is 2.18. The molecule has 3 aromatic rings. The number of aromatic hydroxyl groups is 1. The van der Waals surface area contributed by atoms with Crippen molar-refractivity contribution >= 4 is 28.2 Å². The number of nitrogens with zero attached hydrogens (tertiary/aromatic N) is 3. The SMILES string of the molecule is N=C1C=Cc2nc3c4ccccc4c(O)n3nc2C1. The number of fused-ring (bicyclic) bond motifs is 4. The third kappa shape index (κ3) is 1.32. The standard InChI is InChI=1S/C14H10N4O/c15-8-5-6-11-12(7-8)17-18-13(16-11)9-3-1-2-4-10(9)14(18)19/h1-6,15,19H,7H2. The Morgan fingerprint density at radius 2 is 1.95 bits per heavy atom. The molecule has 5 nitrogen and oxygen atoms in total. The first-order chi connectivity index (χ1) is 9.24. The van der Waals surface area contributed by atoms with E-state index >= 15 is 0 Å². The van der Waals surface area contributed by atoms with Gasteiger partial charge < -0.3 is 10.5 Å². The van der Waals surface area contributed by atoms with Crippen LogP contribution in [0.1, 0.15) is 11.4 Å². The van der Waals surface area contributed by atoms with Crippen LogP contribution >= 0.6 is 0 Å². The van der Waals surface area contributed by atoms with Crippen molar-refractivity contribution in [1.82, 2.24) is 14.6 Å². The van der Waals surface area contributed by atoms with Gasteiger partial charge in [-0.05, 0) is 18.2 Å². The van der Waals surface area contributed by atoms with Gasteiger partial charge in [-0.1, -0.05) is 18.2 Å². The van der Waals surface area contributed by atoms with Crippen molar-refractivity contribution in [2.24, 2.45) is 0 Å². The minimum absolute atomic E-state index is 0.0991. The van der Waals surface area contributed by atoms with Gasteiger partial charge in [0.1, 0.15) is 0 Å². The van der Waals surface area contributed by atoms with Crippen molar-refractivity contribution < 1.29 is 5.11 Å². The summed E-state index contributed by atoms with van der Waals surface area (Å²) >= 11 is 0. The van der Waals surface area contributed by atoms with Gasteiger partial charge >= 0.3 is 0 Å². The maximum Gasteiger partial charge on any atom is 0.222 e. The summed E-state index contributed by atoms with van der Waals surface area (Å²) < 4.78 is 1.45. The molecule has 1 aliphatic carbocycles. The van der Waals surface area contributed by atoms with Gasteiger partial charge in [-0.3, -0.25) is 0 Å². The minimum atomic E-state index is 0.0991. The third-order valence-electron chi connectivity index (χ3n) is 3.35. The van der Waals surface area contributed by atoms with Crippen molar-refractivity contribution in [3.63, 3.8) is 0 Å². The summed E-state index contributed by atoms with van der Waals surface area (Å²) in [7, 11) is 0. The summed E-state index contributed by atoms with van der Waals surface area (Å²) in [5.74, 6) is 0.0991. The van der Waals surface area contributed by atoms with Gasteiger partial charge in [-0.15, -0.1) is 0 Å². The number of rotatable bonds is 0. The van der Waals surface area contributed by atoms with E-state index in [4.69, 9.17) is 5.41 Å². The molecule has 0 radical (unpaired) electrons. The van der Waals surface area contributed by atoms with E-state index in [-0.39, 0.29) is 5.88 Å². The van der Waals surface area contributed by atoms with Gasteiger partial charge in [0, 0.05) is 22.9 Å². The quantitative estimate of drug-likeness (QED) is 0.642. The van der Waals surface area contributed by atoms with Crippen LogP contribution in [0.4, 0.5) is 0 Å². The molecule has 0 amide bonds. The van der Waals surface area contributed by atoms with E-state index < -0.39 is 0 Å². The second-order valence-corrected chi connectivity index (χ2v) is 4.58. The number of hydrogen-bond donors (Lipinski definition) is 2. The summed E-state index contributed by atoms with van der Waals surface area (Å²) in [4.78, 5) is 4.56. The van der Waals surface area contributed by atoms with E-state index in [2.05, 4.69) is 10.1 Å². The lowest BCUT2D eigenvalue weighted by Gasteiger charge is -2.09. The minimum Gasteiger partial charge on any atom is -0.493 e. The second kappa shape index (κ2) is 3.41. The maximum atomic E-state index is 10.2. The molecule has 0 bridgehead atoms. The molecule has 2 aromatic heterocycles. The summed E-state index contributed by atoms with van der Waals surface area (Å²) in [6.45, 7) is 0. The topological polar surface area (TPSA) is 74.3 Å². The summed E-state index contributed by atoms with van der Waals surface area (Å²) in [6, 6.07) is 7.54. The Kier molecular flexibility index (Phi) is 1.84. The molecule has 4 rings (SSSR count). The van der Waals surface area contributed by atoms with E-state index in [0.717, 1.165) is 22.2 Å². The molecule has 92 valence electrons. The average molecular weight is 250 g/mol. The Morgan fingerprint density at radius 1 is 1.16 bits per heavy atom. The van der Waals surface area contributed by atoms with Crippen molar-refractivity contribution in [1.29, 1.82) is 5.41 Å². The molecule has 5 heteroatoms. The highest BCUT2D eigenvalue weighted by molar-refractivity contribution is 6.01. The average Bonchev–Trinajstić information content (AvgIpc) is 2.70. The number of allylic oxidation sites excluding steroid dienone is 1. The lowest BCUT2D eigenvalue weighted by molar-refractivity contribution is 0.443. The zero-order valence-electron chi connectivity index (χ0n) is 9.96. The fourth-order valence-electron chi connectivity index (χ4n) is 2.43. The lowest BCUT2D eigenvalue weighted by Crippen LogP contribution is -2.11. The van der Waals surface area contributed by atoms with Crippen LogP contribution in [0.15, 0.2) is 30.3 Å². The number of benzene rings is 1. The molecule has 0 fully saturated rings. The van der Waals surface area contributed by atoms with Gasteiger partial charge in [0.15, 0.2) is 5.65 Å². The van der Waals surface area contributed by atoms with Crippen molar-refractivity contribution in [3.8, 4) is 5.88 Å². The fraction of sp³-hybridized carbons (Fsp3) is 0.0714. The van der Waals surface area contributed by atoms with E-state index in [1.165, 1.54) is 4.52 Å². The van der Waals surface area contributed by atoms with Crippen LogP contribution in [0.25, 0.3) is 22.5 Å². The van der Waals surface area contributed by atoms with Crippen molar-refractivity contribution in [2.45, 2.75) is 6.42 Å². The second-order valence-electron chi connectivity index (χ2n) is 4.58. The molecule has 2 N–H and O–H groups in total. The molecular weight excluding hydrogens is 240 g/mol. The van der Waals surface area contributed by atoms with E-state index in [1.807, 2.05) is 24.3 Å². The van der Waals surface area contributed by atoms with E-state index in [9.17, 15) is 5.11 Å². The molecule has 0 saturated carbocycles. The molecule has 0 spiro atoms. The highest BCUT2D eigenvalue weighted by Gasteiger charge is 2.17. The van der Waals surface area contributed by atoms with Gasteiger partial charge in [0.25, 0.3) is 0 Å². The zero-order chi connectivity index (χ0) is 13.0. The van der Waals surface area contributed by atoms with Crippen LogP contribution < -0.4 is 0 Å². The largest absolute Gasteiger partial charge is 0.493 e. The normalized spacial score (nSPS) is 14.2. The first-order valence-electron chi connectivity index (χ1n) is 5.99. The first-order valence-corrected chi connectivity index (χ1v) is 5.99. The first kappa shape index (κ1) is 10.3. The Morgan fingerprint density at radius 3 is 2.79 bits per heavy atom. The fourth-order valence-corrected chi connectivity index (χ4v) is 2.43. The van der Waals surface area contributed by atoms with Crippen LogP contribution in [-0.4, -0.2) is 25.4 Å². The molecule has 2 heterocycles. The zero-order valence-corrected chi connectivity index (χ0v) is 9.96. The van der Waals surface area contributed by atoms with Crippen LogP contribution in [0, 0.1) is 5.41 Å². The smallest absolute Gasteiger partial charge is 0.222 e. The molecule has 1 aliphatic rings.